The Morgan fingerprint density at radius 1 is 1.07 bits per heavy atom. The summed E-state index contributed by atoms with van der Waals surface area (Å²) in [7, 11) is -5.49. The number of nitrogens with one attached hydrogen (secondary N) is 1. The van der Waals surface area contributed by atoms with Crippen molar-refractivity contribution in [3.05, 3.63) is 65.0 Å². The molecule has 1 heterocycles. The van der Waals surface area contributed by atoms with Gasteiger partial charge in [0.05, 0.1) is 0 Å². The first kappa shape index (κ1) is 19.2. The molecule has 0 aromatic heterocycles. The third kappa shape index (κ3) is 3.90. The van der Waals surface area contributed by atoms with Crippen LogP contribution in [0.3, 0.4) is 0 Å². The molecule has 0 radical (unpaired) electrons. The summed E-state index contributed by atoms with van der Waals surface area (Å²) in [5, 5.41) is 0. The Balaban J connectivity index is 1.72. The number of hydrogen-bond donors (Lipinski definition) is 1. The lowest BCUT2D eigenvalue weighted by molar-refractivity contribution is -0.0429. The third-order valence-electron chi connectivity index (χ3n) is 4.15. The highest BCUT2D eigenvalue weighted by Gasteiger charge is 2.46. The van der Waals surface area contributed by atoms with Gasteiger partial charge in [-0.05, 0) is 36.2 Å². The average molecular weight is 402 g/mol. The fourth-order valence-electron chi connectivity index (χ4n) is 2.79. The molecule has 5 nitrogen and oxygen atoms in total. The second-order valence-corrected chi connectivity index (χ2v) is 7.66. The largest absolute Gasteiger partial charge is 0.516 e. The minimum atomic E-state index is -5.49. The van der Waals surface area contributed by atoms with Crippen molar-refractivity contribution in [2.75, 3.05) is 11.3 Å². The molecular weight excluding hydrogens is 388 g/mol. The van der Waals surface area contributed by atoms with Crippen LogP contribution in [-0.2, 0) is 23.0 Å². The monoisotopic (exact) mass is 402 g/mol. The minimum Gasteiger partial charge on any atom is -0.334 e. The van der Waals surface area contributed by atoms with Gasteiger partial charge in [0.25, 0.3) is 5.91 Å². The van der Waals surface area contributed by atoms with Crippen molar-refractivity contribution >= 4 is 21.6 Å². The van der Waals surface area contributed by atoms with Gasteiger partial charge in [-0.3, -0.25) is 9.52 Å². The van der Waals surface area contributed by atoms with Gasteiger partial charge in [-0.15, -0.1) is 0 Å². The van der Waals surface area contributed by atoms with Crippen LogP contribution in [0.5, 0.6) is 0 Å². The predicted octanol–water partition coefficient (Wildman–Crippen LogP) is 3.29. The van der Waals surface area contributed by atoms with Gasteiger partial charge in [0.15, 0.2) is 0 Å². The molecule has 1 aliphatic rings. The lowest BCUT2D eigenvalue weighted by atomic mass is 9.98. The molecular formula is C17H14F4N2O3S. The van der Waals surface area contributed by atoms with Crippen LogP contribution in [0.25, 0.3) is 0 Å². The first-order valence-electron chi connectivity index (χ1n) is 7.83. The smallest absolute Gasteiger partial charge is 0.334 e. The molecule has 144 valence electrons. The number of fused-ring (bicyclic) bond motifs is 1. The van der Waals surface area contributed by atoms with E-state index in [2.05, 4.69) is 0 Å². The predicted molar refractivity (Wildman–Crippen MR) is 89.9 cm³/mol. The van der Waals surface area contributed by atoms with Crippen LogP contribution < -0.4 is 4.72 Å². The van der Waals surface area contributed by atoms with E-state index in [0.717, 1.165) is 0 Å². The van der Waals surface area contributed by atoms with Gasteiger partial charge < -0.3 is 4.90 Å². The first-order valence-corrected chi connectivity index (χ1v) is 9.31. The highest BCUT2D eigenvalue weighted by Crippen LogP contribution is 2.26. The Labute approximate surface area is 152 Å². The third-order valence-corrected chi connectivity index (χ3v) is 5.27. The van der Waals surface area contributed by atoms with Crippen molar-refractivity contribution in [1.29, 1.82) is 0 Å². The molecule has 2 aromatic carbocycles. The summed E-state index contributed by atoms with van der Waals surface area (Å²) in [6, 6.07) is 9.49. The molecule has 1 amide bonds. The summed E-state index contributed by atoms with van der Waals surface area (Å²) in [6.07, 6.45) is 0.358. The van der Waals surface area contributed by atoms with Crippen molar-refractivity contribution in [1.82, 2.24) is 4.90 Å². The summed E-state index contributed by atoms with van der Waals surface area (Å²) in [5.74, 6) is -0.764. The zero-order chi connectivity index (χ0) is 19.8. The van der Waals surface area contributed by atoms with E-state index >= 15 is 0 Å². The van der Waals surface area contributed by atoms with Crippen LogP contribution in [0.4, 0.5) is 23.2 Å². The Bertz CT molecular complexity index is 973. The standard InChI is InChI=1S/C17H14F4N2O3S/c18-15-3-1-2-14-13(15)8-9-23(16(14)24)10-11-4-6-12(7-5-11)22-27(25,26)17(19,20)21/h1-7,22H,8-10H2. The number of sulfonamides is 1. The zero-order valence-corrected chi connectivity index (χ0v) is 14.6. The fourth-order valence-corrected chi connectivity index (χ4v) is 3.36. The molecule has 0 spiro atoms. The van der Waals surface area contributed by atoms with Gasteiger partial charge in [0.2, 0.25) is 0 Å². The molecule has 0 saturated carbocycles. The van der Waals surface area contributed by atoms with Crippen LogP contribution in [0, 0.1) is 5.82 Å². The number of benzene rings is 2. The van der Waals surface area contributed by atoms with Gasteiger partial charge in [0.1, 0.15) is 5.82 Å². The quantitative estimate of drug-likeness (QED) is 0.799. The fraction of sp³-hybridized carbons (Fsp3) is 0.235. The van der Waals surface area contributed by atoms with Gasteiger partial charge in [0, 0.05) is 29.9 Å². The molecule has 1 N–H and O–H groups in total. The van der Waals surface area contributed by atoms with Crippen molar-refractivity contribution in [3.63, 3.8) is 0 Å². The number of hydrogen-bond acceptors (Lipinski definition) is 3. The number of carbonyl (C=O) groups excluding carboxylic acids is 1. The maximum absolute atomic E-state index is 13.8. The Morgan fingerprint density at radius 2 is 1.74 bits per heavy atom. The second kappa shape index (κ2) is 6.84. The lowest BCUT2D eigenvalue weighted by Gasteiger charge is -2.29. The van der Waals surface area contributed by atoms with E-state index in [4.69, 9.17) is 0 Å². The molecule has 10 heteroatoms. The number of nitrogens with zero attached hydrogens (tertiary/aromatic N) is 1. The molecule has 0 atom stereocenters. The molecule has 0 bridgehead atoms. The number of anilines is 1. The van der Waals surface area contributed by atoms with Crippen LogP contribution >= 0.6 is 0 Å². The number of amides is 1. The van der Waals surface area contributed by atoms with Crippen LogP contribution in [0.2, 0.25) is 0 Å². The Hall–Kier alpha value is -2.62. The minimum absolute atomic E-state index is 0.168. The van der Waals surface area contributed by atoms with E-state index in [0.29, 0.717) is 24.1 Å². The van der Waals surface area contributed by atoms with E-state index in [-0.39, 0.29) is 23.7 Å². The van der Waals surface area contributed by atoms with Crippen LogP contribution in [0.1, 0.15) is 21.5 Å². The summed E-state index contributed by atoms with van der Waals surface area (Å²) >= 11 is 0. The molecule has 1 aliphatic heterocycles. The van der Waals surface area contributed by atoms with E-state index < -0.39 is 21.3 Å². The van der Waals surface area contributed by atoms with E-state index in [1.807, 2.05) is 0 Å². The van der Waals surface area contributed by atoms with Crippen molar-refractivity contribution in [2.45, 2.75) is 18.5 Å². The van der Waals surface area contributed by atoms with E-state index in [1.165, 1.54) is 46.0 Å². The van der Waals surface area contributed by atoms with Crippen molar-refractivity contribution < 1.29 is 30.8 Å². The lowest BCUT2D eigenvalue weighted by Crippen LogP contribution is -2.37. The normalized spacial score (nSPS) is 14.8. The first-order chi connectivity index (χ1) is 12.6. The van der Waals surface area contributed by atoms with Gasteiger partial charge in [-0.1, -0.05) is 18.2 Å². The molecule has 0 aliphatic carbocycles. The van der Waals surface area contributed by atoms with Crippen molar-refractivity contribution in [3.8, 4) is 0 Å². The molecule has 0 saturated heterocycles. The molecule has 3 rings (SSSR count). The Morgan fingerprint density at radius 3 is 2.37 bits per heavy atom. The molecule has 27 heavy (non-hydrogen) atoms. The van der Waals surface area contributed by atoms with Gasteiger partial charge in [-0.25, -0.2) is 4.39 Å². The number of rotatable bonds is 4. The highest BCUT2D eigenvalue weighted by molar-refractivity contribution is 7.93. The number of halogens is 4. The van der Waals surface area contributed by atoms with Crippen LogP contribution in [-0.4, -0.2) is 31.3 Å². The van der Waals surface area contributed by atoms with Gasteiger partial charge in [-0.2, -0.15) is 21.6 Å². The van der Waals surface area contributed by atoms with Crippen molar-refractivity contribution in [2.24, 2.45) is 0 Å². The number of carbonyl (C=O) groups is 1. The van der Waals surface area contributed by atoms with E-state index in [9.17, 15) is 30.8 Å². The maximum Gasteiger partial charge on any atom is 0.516 e. The molecule has 2 aromatic rings. The summed E-state index contributed by atoms with van der Waals surface area (Å²) < 4.78 is 74.5. The highest BCUT2D eigenvalue weighted by atomic mass is 32.2. The topological polar surface area (TPSA) is 66.5 Å². The molecule has 0 fully saturated rings. The maximum atomic E-state index is 13.8. The zero-order valence-electron chi connectivity index (χ0n) is 13.8. The molecule has 0 unspecified atom stereocenters. The average Bonchev–Trinajstić information content (AvgIpc) is 2.58. The number of alkyl halides is 3. The summed E-state index contributed by atoms with van der Waals surface area (Å²) in [6.45, 7) is 0.469. The van der Waals surface area contributed by atoms with Crippen LogP contribution in [0.15, 0.2) is 42.5 Å². The Kier molecular flexibility index (Phi) is 4.85. The SMILES string of the molecule is O=C1c2cccc(F)c2CCN1Cc1ccc(NS(=O)(=O)C(F)(F)F)cc1. The summed E-state index contributed by atoms with van der Waals surface area (Å²) in [4.78, 5) is 14.0. The van der Waals surface area contributed by atoms with Gasteiger partial charge >= 0.3 is 15.5 Å². The van der Waals surface area contributed by atoms with E-state index in [1.54, 1.807) is 6.07 Å². The summed E-state index contributed by atoms with van der Waals surface area (Å²) in [5.41, 5.74) is -4.40. The second-order valence-electron chi connectivity index (χ2n) is 5.99.